The van der Waals surface area contributed by atoms with Gasteiger partial charge in [-0.3, -0.25) is 13.9 Å². The number of amides is 2. The summed E-state index contributed by atoms with van der Waals surface area (Å²) in [5.41, 5.74) is 2.21. The quantitative estimate of drug-likeness (QED) is 0.492. The zero-order valence-corrected chi connectivity index (χ0v) is 22.1. The van der Waals surface area contributed by atoms with Crippen molar-refractivity contribution in [1.82, 2.24) is 10.2 Å². The molecule has 2 aromatic rings. The van der Waals surface area contributed by atoms with Crippen LogP contribution in [0.25, 0.3) is 0 Å². The average molecular weight is 518 g/mol. The summed E-state index contributed by atoms with van der Waals surface area (Å²) in [7, 11) is -3.82. The van der Waals surface area contributed by atoms with Gasteiger partial charge >= 0.3 is 0 Å². The smallest absolute Gasteiger partial charge is 0.244 e. The summed E-state index contributed by atoms with van der Waals surface area (Å²) < 4.78 is 38.4. The van der Waals surface area contributed by atoms with Gasteiger partial charge in [0.1, 0.15) is 25.8 Å². The summed E-state index contributed by atoms with van der Waals surface area (Å²) >= 11 is 0. The molecule has 0 saturated heterocycles. The van der Waals surface area contributed by atoms with Gasteiger partial charge in [0.25, 0.3) is 0 Å². The number of carbonyl (C=O) groups is 2. The van der Waals surface area contributed by atoms with Crippen molar-refractivity contribution in [2.45, 2.75) is 46.7 Å². The van der Waals surface area contributed by atoms with E-state index in [1.165, 1.54) is 11.8 Å². The van der Waals surface area contributed by atoms with Gasteiger partial charge < -0.3 is 19.7 Å². The number of hydrogen-bond acceptors (Lipinski definition) is 6. The molecule has 0 radical (unpaired) electrons. The van der Waals surface area contributed by atoms with Crippen molar-refractivity contribution >= 4 is 27.5 Å². The van der Waals surface area contributed by atoms with E-state index in [9.17, 15) is 18.0 Å². The van der Waals surface area contributed by atoms with Gasteiger partial charge in [-0.05, 0) is 44.9 Å². The first-order valence-electron chi connectivity index (χ1n) is 12.2. The maximum atomic E-state index is 13.7. The number of carbonyl (C=O) groups excluding carboxylic acids is 2. The number of benzene rings is 2. The SMILES string of the molecule is CCCNC(=O)C(C)N(Cc1ccc(C)cc1)C(=O)CN(c1ccc2c(c1)OCCO2)S(=O)(=O)CC. The molecule has 0 fully saturated rings. The Morgan fingerprint density at radius 2 is 1.69 bits per heavy atom. The molecule has 196 valence electrons. The molecule has 0 aromatic heterocycles. The lowest BCUT2D eigenvalue weighted by atomic mass is 10.1. The molecule has 1 unspecified atom stereocenters. The van der Waals surface area contributed by atoms with Crippen LogP contribution in [0.4, 0.5) is 5.69 Å². The zero-order valence-electron chi connectivity index (χ0n) is 21.3. The molecule has 0 aliphatic carbocycles. The van der Waals surface area contributed by atoms with E-state index in [0.29, 0.717) is 36.9 Å². The Morgan fingerprint density at radius 3 is 2.33 bits per heavy atom. The number of hydrogen-bond donors (Lipinski definition) is 1. The minimum atomic E-state index is -3.82. The molecule has 1 atom stereocenters. The summed E-state index contributed by atoms with van der Waals surface area (Å²) in [5, 5.41) is 2.83. The molecule has 0 bridgehead atoms. The van der Waals surface area contributed by atoms with E-state index in [1.807, 2.05) is 38.1 Å². The second kappa shape index (κ2) is 12.1. The molecule has 0 spiro atoms. The third kappa shape index (κ3) is 6.69. The van der Waals surface area contributed by atoms with Crippen LogP contribution in [0.1, 0.15) is 38.3 Å². The van der Waals surface area contributed by atoms with Crippen LogP contribution in [0.2, 0.25) is 0 Å². The molecule has 3 rings (SSSR count). The fraction of sp³-hybridized carbons (Fsp3) is 0.462. The largest absolute Gasteiger partial charge is 0.486 e. The number of anilines is 1. The molecule has 1 aliphatic rings. The monoisotopic (exact) mass is 517 g/mol. The van der Waals surface area contributed by atoms with Crippen LogP contribution in [-0.4, -0.2) is 63.2 Å². The first-order valence-corrected chi connectivity index (χ1v) is 13.8. The van der Waals surface area contributed by atoms with Gasteiger partial charge in [0, 0.05) is 19.2 Å². The van der Waals surface area contributed by atoms with Gasteiger partial charge in [-0.25, -0.2) is 8.42 Å². The van der Waals surface area contributed by atoms with Crippen LogP contribution < -0.4 is 19.1 Å². The Hall–Kier alpha value is -3.27. The van der Waals surface area contributed by atoms with E-state index in [2.05, 4.69) is 5.32 Å². The number of sulfonamides is 1. The van der Waals surface area contributed by atoms with Crippen molar-refractivity contribution in [3.05, 3.63) is 53.6 Å². The Balaban J connectivity index is 1.93. The van der Waals surface area contributed by atoms with Crippen molar-refractivity contribution in [2.75, 3.05) is 36.4 Å². The Morgan fingerprint density at radius 1 is 1.03 bits per heavy atom. The number of fused-ring (bicyclic) bond motifs is 1. The average Bonchev–Trinajstić information content (AvgIpc) is 2.89. The highest BCUT2D eigenvalue weighted by atomic mass is 32.2. The summed E-state index contributed by atoms with van der Waals surface area (Å²) in [6, 6.07) is 11.7. The Kier molecular flexibility index (Phi) is 9.19. The second-order valence-corrected chi connectivity index (χ2v) is 10.9. The Bertz CT molecular complexity index is 1170. The van der Waals surface area contributed by atoms with Crippen LogP contribution in [0, 0.1) is 6.92 Å². The van der Waals surface area contributed by atoms with E-state index in [-0.39, 0.29) is 18.2 Å². The molecule has 0 saturated carbocycles. The molecule has 1 N–H and O–H groups in total. The van der Waals surface area contributed by atoms with Crippen molar-refractivity contribution in [3.8, 4) is 11.5 Å². The second-order valence-electron chi connectivity index (χ2n) is 8.71. The molecule has 1 aliphatic heterocycles. The van der Waals surface area contributed by atoms with E-state index >= 15 is 0 Å². The predicted octanol–water partition coefficient (Wildman–Crippen LogP) is 2.87. The molecule has 2 amide bonds. The lowest BCUT2D eigenvalue weighted by Gasteiger charge is -2.32. The zero-order chi connectivity index (χ0) is 26.3. The molecule has 36 heavy (non-hydrogen) atoms. The van der Waals surface area contributed by atoms with Crippen molar-refractivity contribution in [3.63, 3.8) is 0 Å². The van der Waals surface area contributed by atoms with Crippen LogP contribution in [0.3, 0.4) is 0 Å². The molecule has 2 aromatic carbocycles. The van der Waals surface area contributed by atoms with Crippen molar-refractivity contribution in [2.24, 2.45) is 0 Å². The van der Waals surface area contributed by atoms with Gasteiger partial charge in [-0.1, -0.05) is 36.8 Å². The number of rotatable bonds is 11. The lowest BCUT2D eigenvalue weighted by Crippen LogP contribution is -2.51. The highest BCUT2D eigenvalue weighted by molar-refractivity contribution is 7.92. The Labute approximate surface area is 213 Å². The predicted molar refractivity (Wildman–Crippen MR) is 139 cm³/mol. The number of nitrogens with one attached hydrogen (secondary N) is 1. The van der Waals surface area contributed by atoms with Crippen LogP contribution in [0.15, 0.2) is 42.5 Å². The van der Waals surface area contributed by atoms with Crippen molar-refractivity contribution in [1.29, 1.82) is 0 Å². The minimum absolute atomic E-state index is 0.168. The summed E-state index contributed by atoms with van der Waals surface area (Å²) in [6.07, 6.45) is 0.761. The highest BCUT2D eigenvalue weighted by Gasteiger charge is 2.31. The van der Waals surface area contributed by atoms with Gasteiger partial charge in [0.05, 0.1) is 11.4 Å². The van der Waals surface area contributed by atoms with Crippen LogP contribution >= 0.6 is 0 Å². The summed E-state index contributed by atoms with van der Waals surface area (Å²) in [4.78, 5) is 27.9. The van der Waals surface area contributed by atoms with Gasteiger partial charge in [-0.2, -0.15) is 0 Å². The molecular weight excluding hydrogens is 482 g/mol. The van der Waals surface area contributed by atoms with E-state index < -0.39 is 28.5 Å². The molecular formula is C26H35N3O6S. The van der Waals surface area contributed by atoms with Crippen LogP contribution in [-0.2, 0) is 26.2 Å². The van der Waals surface area contributed by atoms with Crippen LogP contribution in [0.5, 0.6) is 11.5 Å². The van der Waals surface area contributed by atoms with E-state index in [1.54, 1.807) is 25.1 Å². The fourth-order valence-corrected chi connectivity index (χ4v) is 4.83. The van der Waals surface area contributed by atoms with Crippen molar-refractivity contribution < 1.29 is 27.5 Å². The normalized spacial score (nSPS) is 13.6. The first kappa shape index (κ1) is 27.3. The fourth-order valence-electron chi connectivity index (χ4n) is 3.78. The first-order chi connectivity index (χ1) is 17.2. The maximum absolute atomic E-state index is 13.7. The highest BCUT2D eigenvalue weighted by Crippen LogP contribution is 2.35. The third-order valence-corrected chi connectivity index (χ3v) is 7.72. The van der Waals surface area contributed by atoms with Gasteiger partial charge in [-0.15, -0.1) is 0 Å². The van der Waals surface area contributed by atoms with Gasteiger partial charge in [0.2, 0.25) is 21.8 Å². The maximum Gasteiger partial charge on any atom is 0.244 e. The van der Waals surface area contributed by atoms with E-state index in [4.69, 9.17) is 9.47 Å². The molecule has 9 nitrogen and oxygen atoms in total. The number of aryl methyl sites for hydroxylation is 1. The lowest BCUT2D eigenvalue weighted by molar-refractivity contribution is -0.139. The molecule has 1 heterocycles. The van der Waals surface area contributed by atoms with E-state index in [0.717, 1.165) is 21.9 Å². The topological polar surface area (TPSA) is 105 Å². The van der Waals surface area contributed by atoms with Gasteiger partial charge in [0.15, 0.2) is 11.5 Å². The standard InChI is InChI=1S/C26H35N3O6S/c1-5-13-27-26(31)20(4)28(17-21-9-7-19(3)8-10-21)25(30)18-29(36(32,33)6-2)22-11-12-23-24(16-22)35-15-14-34-23/h7-12,16,20H,5-6,13-15,17-18H2,1-4H3,(H,27,31). The number of ether oxygens (including phenoxy) is 2. The molecule has 10 heteroatoms. The number of nitrogens with zero attached hydrogens (tertiary/aromatic N) is 2. The summed E-state index contributed by atoms with van der Waals surface area (Å²) in [6.45, 7) is 8.06. The minimum Gasteiger partial charge on any atom is -0.486 e. The third-order valence-electron chi connectivity index (χ3n) is 5.98. The summed E-state index contributed by atoms with van der Waals surface area (Å²) in [5.74, 6) is -0.0268.